The third kappa shape index (κ3) is 3.94. The molecule has 0 atom stereocenters. The van der Waals surface area contributed by atoms with E-state index in [4.69, 9.17) is 9.47 Å². The van der Waals surface area contributed by atoms with E-state index in [1.54, 1.807) is 6.20 Å². The molecule has 8 aromatic rings. The van der Waals surface area contributed by atoms with Crippen molar-refractivity contribution in [2.45, 2.75) is 0 Å². The van der Waals surface area contributed by atoms with Gasteiger partial charge in [-0.2, -0.15) is 0 Å². The Balaban J connectivity index is 1.08. The van der Waals surface area contributed by atoms with Crippen molar-refractivity contribution in [2.24, 2.45) is 0 Å². The Morgan fingerprint density at radius 1 is 0.364 bits per heavy atom. The molecule has 1 aliphatic rings. The summed E-state index contributed by atoms with van der Waals surface area (Å²) in [5.41, 5.74) is 6.74. The Hall–Kier alpha value is -5.93. The fraction of sp³-hybridized carbons (Fsp3) is 0. The van der Waals surface area contributed by atoms with Crippen LogP contribution in [0.25, 0.3) is 65.7 Å². The minimum Gasteiger partial charge on any atom is -0.447 e. The SMILES string of the molecule is c1cc(-c2ccc(-c3ccc4c5ccccc5c5ccccc5c4c3)cc2)cc(-c2cccc3c2Oc2cccnc2O3)c1. The summed E-state index contributed by atoms with van der Waals surface area (Å²) in [5.74, 6) is 2.48. The minimum absolute atomic E-state index is 0.485. The largest absolute Gasteiger partial charge is 0.447 e. The zero-order chi connectivity index (χ0) is 29.0. The Bertz CT molecular complexity index is 2360. The number of nitrogens with zero attached hydrogens (tertiary/aromatic N) is 1. The standard InChI is InChI=1S/C41H25NO2/c1-2-12-34-32(10-1)33-11-3-4-13-35(33)37-25-29(21-22-36(34)37)27-19-17-26(18-20-27)28-8-5-9-30(24-28)31-14-6-15-38-40(31)43-39-16-7-23-42-41(39)44-38/h1-25H. The van der Waals surface area contributed by atoms with Crippen molar-refractivity contribution in [2.75, 3.05) is 0 Å². The van der Waals surface area contributed by atoms with Gasteiger partial charge in [0.25, 0.3) is 5.88 Å². The number of pyridine rings is 1. The molecule has 9 rings (SSSR count). The summed E-state index contributed by atoms with van der Waals surface area (Å²) in [6, 6.07) is 51.4. The Labute approximate surface area is 254 Å². The molecule has 0 saturated carbocycles. The molecular formula is C41H25NO2. The molecule has 0 spiro atoms. The lowest BCUT2D eigenvalue weighted by Gasteiger charge is -2.21. The number of para-hydroxylation sites is 1. The maximum atomic E-state index is 6.27. The van der Waals surface area contributed by atoms with E-state index >= 15 is 0 Å². The molecule has 206 valence electrons. The molecular weight excluding hydrogens is 538 g/mol. The van der Waals surface area contributed by atoms with Crippen LogP contribution < -0.4 is 9.47 Å². The third-order valence-corrected chi connectivity index (χ3v) is 8.60. The van der Waals surface area contributed by atoms with E-state index in [1.807, 2.05) is 24.3 Å². The topological polar surface area (TPSA) is 31.4 Å². The first-order valence-electron chi connectivity index (χ1n) is 14.8. The fourth-order valence-corrected chi connectivity index (χ4v) is 6.48. The summed E-state index contributed by atoms with van der Waals surface area (Å²) >= 11 is 0. The lowest BCUT2D eigenvalue weighted by molar-refractivity contribution is 0.349. The fourth-order valence-electron chi connectivity index (χ4n) is 6.48. The van der Waals surface area contributed by atoms with E-state index in [1.165, 1.54) is 43.4 Å². The van der Waals surface area contributed by atoms with Gasteiger partial charge in [-0.05, 0) is 90.5 Å². The lowest BCUT2D eigenvalue weighted by Crippen LogP contribution is -2.01. The monoisotopic (exact) mass is 563 g/mol. The first-order chi connectivity index (χ1) is 21.8. The Morgan fingerprint density at radius 2 is 0.932 bits per heavy atom. The first-order valence-corrected chi connectivity index (χ1v) is 14.8. The maximum absolute atomic E-state index is 6.27. The van der Waals surface area contributed by atoms with Crippen molar-refractivity contribution in [3.63, 3.8) is 0 Å². The zero-order valence-corrected chi connectivity index (χ0v) is 23.7. The van der Waals surface area contributed by atoms with Gasteiger partial charge in [-0.15, -0.1) is 0 Å². The molecule has 7 aromatic carbocycles. The third-order valence-electron chi connectivity index (χ3n) is 8.60. The van der Waals surface area contributed by atoms with Gasteiger partial charge in [0.2, 0.25) is 0 Å². The summed E-state index contributed by atoms with van der Waals surface area (Å²) in [7, 11) is 0. The average molecular weight is 564 g/mol. The van der Waals surface area contributed by atoms with Gasteiger partial charge in [0.1, 0.15) is 0 Å². The van der Waals surface area contributed by atoms with Crippen molar-refractivity contribution in [3.8, 4) is 56.5 Å². The lowest BCUT2D eigenvalue weighted by atomic mass is 9.91. The van der Waals surface area contributed by atoms with E-state index < -0.39 is 0 Å². The molecule has 0 radical (unpaired) electrons. The van der Waals surface area contributed by atoms with Crippen LogP contribution in [0.4, 0.5) is 0 Å². The van der Waals surface area contributed by atoms with Crippen LogP contribution in [-0.4, -0.2) is 4.98 Å². The molecule has 3 nitrogen and oxygen atoms in total. The molecule has 0 N–H and O–H groups in total. The van der Waals surface area contributed by atoms with E-state index in [-0.39, 0.29) is 0 Å². The van der Waals surface area contributed by atoms with Gasteiger partial charge in [0, 0.05) is 11.8 Å². The van der Waals surface area contributed by atoms with Crippen LogP contribution in [0.1, 0.15) is 0 Å². The quantitative estimate of drug-likeness (QED) is 0.200. The molecule has 0 amide bonds. The summed E-state index contributed by atoms with van der Waals surface area (Å²) in [4.78, 5) is 4.30. The van der Waals surface area contributed by atoms with E-state index in [0.29, 0.717) is 23.1 Å². The molecule has 0 unspecified atom stereocenters. The number of aromatic nitrogens is 1. The van der Waals surface area contributed by atoms with E-state index in [2.05, 4.69) is 126 Å². The molecule has 1 aromatic heterocycles. The van der Waals surface area contributed by atoms with Crippen molar-refractivity contribution < 1.29 is 9.47 Å². The summed E-state index contributed by atoms with van der Waals surface area (Å²) in [6.45, 7) is 0. The van der Waals surface area contributed by atoms with Crippen LogP contribution in [0.15, 0.2) is 152 Å². The first kappa shape index (κ1) is 24.6. The van der Waals surface area contributed by atoms with Gasteiger partial charge in [0.15, 0.2) is 17.2 Å². The highest BCUT2D eigenvalue weighted by Crippen LogP contribution is 2.49. The normalized spacial score (nSPS) is 12.0. The molecule has 0 saturated heterocycles. The van der Waals surface area contributed by atoms with Crippen LogP contribution in [0.5, 0.6) is 23.1 Å². The number of benzene rings is 7. The van der Waals surface area contributed by atoms with Crippen LogP contribution in [0.3, 0.4) is 0 Å². The predicted octanol–water partition coefficient (Wildman–Crippen LogP) is 11.4. The van der Waals surface area contributed by atoms with Crippen LogP contribution >= 0.6 is 0 Å². The molecule has 0 fully saturated rings. The highest BCUT2D eigenvalue weighted by atomic mass is 16.6. The van der Waals surface area contributed by atoms with Gasteiger partial charge in [-0.1, -0.05) is 115 Å². The average Bonchev–Trinajstić information content (AvgIpc) is 3.10. The Morgan fingerprint density at radius 3 is 1.66 bits per heavy atom. The van der Waals surface area contributed by atoms with Crippen molar-refractivity contribution >= 4 is 32.3 Å². The van der Waals surface area contributed by atoms with Gasteiger partial charge >= 0.3 is 0 Å². The smallest absolute Gasteiger partial charge is 0.263 e. The molecule has 1 aliphatic heterocycles. The second kappa shape index (κ2) is 9.82. The second-order valence-electron chi connectivity index (χ2n) is 11.2. The number of fused-ring (bicyclic) bond motifs is 8. The summed E-state index contributed by atoms with van der Waals surface area (Å²) in [5, 5.41) is 7.74. The maximum Gasteiger partial charge on any atom is 0.263 e. The molecule has 44 heavy (non-hydrogen) atoms. The summed E-state index contributed by atoms with van der Waals surface area (Å²) < 4.78 is 12.3. The number of hydrogen-bond donors (Lipinski definition) is 0. The highest BCUT2D eigenvalue weighted by Gasteiger charge is 2.23. The van der Waals surface area contributed by atoms with Crippen molar-refractivity contribution in [1.82, 2.24) is 4.98 Å². The number of ether oxygens (including phenoxy) is 2. The van der Waals surface area contributed by atoms with Gasteiger partial charge < -0.3 is 9.47 Å². The van der Waals surface area contributed by atoms with E-state index in [9.17, 15) is 0 Å². The van der Waals surface area contributed by atoms with Crippen molar-refractivity contribution in [3.05, 3.63) is 152 Å². The number of hydrogen-bond acceptors (Lipinski definition) is 3. The van der Waals surface area contributed by atoms with Crippen LogP contribution in [0.2, 0.25) is 0 Å². The summed E-state index contributed by atoms with van der Waals surface area (Å²) in [6.07, 6.45) is 1.70. The predicted molar refractivity (Wildman–Crippen MR) is 180 cm³/mol. The highest BCUT2D eigenvalue weighted by molar-refractivity contribution is 6.25. The van der Waals surface area contributed by atoms with Crippen LogP contribution in [-0.2, 0) is 0 Å². The van der Waals surface area contributed by atoms with Gasteiger partial charge in [0.05, 0.1) is 0 Å². The number of rotatable bonds is 3. The molecule has 2 heterocycles. The molecule has 3 heteroatoms. The van der Waals surface area contributed by atoms with Gasteiger partial charge in [-0.3, -0.25) is 0 Å². The Kier molecular flexibility index (Phi) is 5.50. The zero-order valence-electron chi connectivity index (χ0n) is 23.7. The van der Waals surface area contributed by atoms with E-state index in [0.717, 1.165) is 22.3 Å². The molecule has 0 aliphatic carbocycles. The minimum atomic E-state index is 0.485. The second-order valence-corrected chi connectivity index (χ2v) is 11.2. The molecule has 0 bridgehead atoms. The van der Waals surface area contributed by atoms with Gasteiger partial charge in [-0.25, -0.2) is 4.98 Å². The van der Waals surface area contributed by atoms with Crippen molar-refractivity contribution in [1.29, 1.82) is 0 Å². The van der Waals surface area contributed by atoms with Crippen LogP contribution in [0, 0.1) is 0 Å².